The lowest BCUT2D eigenvalue weighted by molar-refractivity contribution is -0.384. The summed E-state index contributed by atoms with van der Waals surface area (Å²) in [4.78, 5) is 36.4. The SMILES string of the molecule is CCCCc1ccc(C(=O)NC(=Cc2ccc(F)cc2)C(=O)Nc2ccc(Cl)c([N+](=O)[O-])c2)cc1. The third kappa shape index (κ3) is 7.22. The molecule has 0 aliphatic rings. The minimum Gasteiger partial charge on any atom is -0.320 e. The van der Waals surface area contributed by atoms with E-state index in [9.17, 15) is 24.1 Å². The second kappa shape index (κ2) is 11.9. The Bertz CT molecular complexity index is 1260. The van der Waals surface area contributed by atoms with Crippen LogP contribution >= 0.6 is 11.6 Å². The number of aryl methyl sites for hydroxylation is 1. The van der Waals surface area contributed by atoms with Crippen molar-refractivity contribution in [2.45, 2.75) is 26.2 Å². The maximum Gasteiger partial charge on any atom is 0.289 e. The number of halogens is 2. The number of nitrogens with zero attached hydrogens (tertiary/aromatic N) is 1. The molecule has 9 heteroatoms. The van der Waals surface area contributed by atoms with Gasteiger partial charge in [0.15, 0.2) is 0 Å². The molecule has 35 heavy (non-hydrogen) atoms. The summed E-state index contributed by atoms with van der Waals surface area (Å²) in [5, 5.41) is 16.2. The van der Waals surface area contributed by atoms with E-state index in [0.717, 1.165) is 30.9 Å². The third-order valence-corrected chi connectivity index (χ3v) is 5.43. The number of unbranched alkanes of at least 4 members (excludes halogenated alkanes) is 1. The number of rotatable bonds is 9. The van der Waals surface area contributed by atoms with Gasteiger partial charge in [0.2, 0.25) is 0 Å². The highest BCUT2D eigenvalue weighted by atomic mass is 35.5. The number of nitro benzene ring substituents is 1. The molecular weight excluding hydrogens is 473 g/mol. The number of nitrogens with one attached hydrogen (secondary N) is 2. The Morgan fingerprint density at radius 2 is 1.74 bits per heavy atom. The third-order valence-electron chi connectivity index (χ3n) is 5.11. The van der Waals surface area contributed by atoms with Gasteiger partial charge in [-0.1, -0.05) is 49.2 Å². The predicted octanol–water partition coefficient (Wildman–Crippen LogP) is 6.14. The molecule has 0 aliphatic carbocycles. The molecule has 0 unspecified atom stereocenters. The Kier molecular flexibility index (Phi) is 8.69. The lowest BCUT2D eigenvalue weighted by atomic mass is 10.1. The van der Waals surface area contributed by atoms with Crippen LogP contribution in [-0.4, -0.2) is 16.7 Å². The fraction of sp³-hybridized carbons (Fsp3) is 0.154. The Morgan fingerprint density at radius 3 is 2.37 bits per heavy atom. The lowest BCUT2D eigenvalue weighted by Crippen LogP contribution is -2.30. The largest absolute Gasteiger partial charge is 0.320 e. The summed E-state index contributed by atoms with van der Waals surface area (Å²) < 4.78 is 13.3. The minimum absolute atomic E-state index is 0.0780. The smallest absolute Gasteiger partial charge is 0.289 e. The molecule has 3 rings (SSSR count). The monoisotopic (exact) mass is 495 g/mol. The van der Waals surface area contributed by atoms with Crippen molar-refractivity contribution in [1.82, 2.24) is 5.32 Å². The minimum atomic E-state index is -0.723. The number of hydrogen-bond donors (Lipinski definition) is 2. The highest BCUT2D eigenvalue weighted by Gasteiger charge is 2.18. The molecule has 3 aromatic carbocycles. The van der Waals surface area contributed by atoms with Gasteiger partial charge in [0, 0.05) is 17.3 Å². The number of anilines is 1. The number of carbonyl (C=O) groups excluding carboxylic acids is 2. The van der Waals surface area contributed by atoms with Crippen molar-refractivity contribution < 1.29 is 18.9 Å². The topological polar surface area (TPSA) is 101 Å². The van der Waals surface area contributed by atoms with Crippen molar-refractivity contribution in [2.75, 3.05) is 5.32 Å². The van der Waals surface area contributed by atoms with E-state index in [-0.39, 0.29) is 22.1 Å². The zero-order valence-corrected chi connectivity index (χ0v) is 19.6. The maximum absolute atomic E-state index is 13.3. The van der Waals surface area contributed by atoms with Gasteiger partial charge in [0.1, 0.15) is 16.5 Å². The van der Waals surface area contributed by atoms with Crippen LogP contribution in [0.1, 0.15) is 41.3 Å². The van der Waals surface area contributed by atoms with Gasteiger partial charge in [-0.25, -0.2) is 4.39 Å². The van der Waals surface area contributed by atoms with Gasteiger partial charge >= 0.3 is 0 Å². The summed E-state index contributed by atoms with van der Waals surface area (Å²) in [5.41, 5.74) is 1.53. The number of amides is 2. The molecule has 0 radical (unpaired) electrons. The van der Waals surface area contributed by atoms with Crippen LogP contribution in [0.5, 0.6) is 0 Å². The zero-order valence-electron chi connectivity index (χ0n) is 18.9. The first-order valence-electron chi connectivity index (χ1n) is 10.9. The van der Waals surface area contributed by atoms with Gasteiger partial charge in [-0.3, -0.25) is 19.7 Å². The summed E-state index contributed by atoms with van der Waals surface area (Å²) in [6, 6.07) is 16.2. The quantitative estimate of drug-likeness (QED) is 0.211. The average molecular weight is 496 g/mol. The van der Waals surface area contributed by atoms with Crippen LogP contribution in [-0.2, 0) is 11.2 Å². The predicted molar refractivity (Wildman–Crippen MR) is 134 cm³/mol. The fourth-order valence-corrected chi connectivity index (χ4v) is 3.40. The summed E-state index contributed by atoms with van der Waals surface area (Å²) in [6.07, 6.45) is 4.39. The van der Waals surface area contributed by atoms with Crippen molar-refractivity contribution in [2.24, 2.45) is 0 Å². The standard InChI is InChI=1S/C26H23ClFN3O4/c1-2-3-4-17-5-9-19(10-6-17)25(32)30-23(15-18-7-11-20(28)12-8-18)26(33)29-21-13-14-22(27)24(16-21)31(34)35/h5-16H,2-4H2,1H3,(H,29,33)(H,30,32). The summed E-state index contributed by atoms with van der Waals surface area (Å²) >= 11 is 5.83. The molecule has 3 aromatic rings. The summed E-state index contributed by atoms with van der Waals surface area (Å²) in [5.74, 6) is -1.69. The molecule has 0 saturated carbocycles. The number of benzene rings is 3. The molecule has 0 aliphatic heterocycles. The van der Waals surface area contributed by atoms with E-state index in [1.54, 1.807) is 12.1 Å². The van der Waals surface area contributed by atoms with Crippen LogP contribution in [0.4, 0.5) is 15.8 Å². The van der Waals surface area contributed by atoms with Gasteiger partial charge in [-0.15, -0.1) is 0 Å². The fourth-order valence-electron chi connectivity index (χ4n) is 3.21. The van der Waals surface area contributed by atoms with Crippen LogP contribution in [0.2, 0.25) is 5.02 Å². The average Bonchev–Trinajstić information content (AvgIpc) is 2.84. The summed E-state index contributed by atoms with van der Waals surface area (Å²) in [7, 11) is 0. The van der Waals surface area contributed by atoms with Crippen LogP contribution in [0.3, 0.4) is 0 Å². The first kappa shape index (κ1) is 25.6. The van der Waals surface area contributed by atoms with Crippen LogP contribution < -0.4 is 10.6 Å². The van der Waals surface area contributed by atoms with Crippen LogP contribution in [0, 0.1) is 15.9 Å². The van der Waals surface area contributed by atoms with E-state index in [4.69, 9.17) is 11.6 Å². The Morgan fingerprint density at radius 1 is 1.06 bits per heavy atom. The normalized spacial score (nSPS) is 11.1. The Hall–Kier alpha value is -4.04. The van der Waals surface area contributed by atoms with E-state index in [2.05, 4.69) is 17.6 Å². The van der Waals surface area contributed by atoms with Gasteiger partial charge in [-0.05, 0) is 66.4 Å². The van der Waals surface area contributed by atoms with Gasteiger partial charge in [0.05, 0.1) is 4.92 Å². The molecule has 0 bridgehead atoms. The molecular formula is C26H23ClFN3O4. The highest BCUT2D eigenvalue weighted by Crippen LogP contribution is 2.27. The molecule has 0 atom stereocenters. The first-order valence-corrected chi connectivity index (χ1v) is 11.3. The van der Waals surface area contributed by atoms with Gasteiger partial charge in [0.25, 0.3) is 17.5 Å². The van der Waals surface area contributed by atoms with E-state index in [1.807, 2.05) is 12.1 Å². The molecule has 0 fully saturated rings. The molecule has 0 saturated heterocycles. The van der Waals surface area contributed by atoms with E-state index in [1.165, 1.54) is 42.5 Å². The number of nitro groups is 1. The Labute approximate surface area is 206 Å². The Balaban J connectivity index is 1.86. The lowest BCUT2D eigenvalue weighted by Gasteiger charge is -2.12. The van der Waals surface area contributed by atoms with Crippen molar-refractivity contribution in [3.05, 3.63) is 110 Å². The van der Waals surface area contributed by atoms with Gasteiger partial charge < -0.3 is 10.6 Å². The van der Waals surface area contributed by atoms with Crippen molar-refractivity contribution in [3.63, 3.8) is 0 Å². The number of hydrogen-bond acceptors (Lipinski definition) is 4. The molecule has 0 heterocycles. The maximum atomic E-state index is 13.3. The van der Waals surface area contributed by atoms with Crippen molar-refractivity contribution >= 4 is 40.9 Å². The highest BCUT2D eigenvalue weighted by molar-refractivity contribution is 6.32. The van der Waals surface area contributed by atoms with E-state index >= 15 is 0 Å². The van der Waals surface area contributed by atoms with Gasteiger partial charge in [-0.2, -0.15) is 0 Å². The second-order valence-electron chi connectivity index (χ2n) is 7.74. The van der Waals surface area contributed by atoms with Crippen molar-refractivity contribution in [3.8, 4) is 0 Å². The van der Waals surface area contributed by atoms with E-state index < -0.39 is 22.6 Å². The molecule has 0 aromatic heterocycles. The zero-order chi connectivity index (χ0) is 25.4. The van der Waals surface area contributed by atoms with Crippen LogP contribution in [0.15, 0.2) is 72.4 Å². The number of carbonyl (C=O) groups is 2. The molecule has 7 nitrogen and oxygen atoms in total. The first-order chi connectivity index (χ1) is 16.8. The molecule has 2 amide bonds. The molecule has 0 spiro atoms. The summed E-state index contributed by atoms with van der Waals surface area (Å²) in [6.45, 7) is 2.10. The van der Waals surface area contributed by atoms with Crippen molar-refractivity contribution in [1.29, 1.82) is 0 Å². The van der Waals surface area contributed by atoms with E-state index in [0.29, 0.717) is 11.1 Å². The molecule has 2 N–H and O–H groups in total. The van der Waals surface area contributed by atoms with Crippen LogP contribution in [0.25, 0.3) is 6.08 Å². The molecule has 180 valence electrons. The second-order valence-corrected chi connectivity index (χ2v) is 8.15.